The summed E-state index contributed by atoms with van der Waals surface area (Å²) in [5.74, 6) is -0.0114. The summed E-state index contributed by atoms with van der Waals surface area (Å²) in [4.78, 5) is 21.1. The van der Waals surface area contributed by atoms with E-state index in [9.17, 15) is 18.0 Å². The number of fused-ring (bicyclic) bond motifs is 1. The van der Waals surface area contributed by atoms with Crippen molar-refractivity contribution in [2.24, 2.45) is 0 Å². The molecular formula is C32H38F3N7O2. The summed E-state index contributed by atoms with van der Waals surface area (Å²) >= 11 is 0. The van der Waals surface area contributed by atoms with Gasteiger partial charge in [0, 0.05) is 55.6 Å². The maximum absolute atomic E-state index is 12.5. The van der Waals surface area contributed by atoms with E-state index in [4.69, 9.17) is 9.72 Å². The molecule has 7 rings (SSSR count). The number of nitrogens with one attached hydrogen (secondary N) is 2. The van der Waals surface area contributed by atoms with Gasteiger partial charge in [0.1, 0.15) is 12.3 Å². The lowest BCUT2D eigenvalue weighted by atomic mass is 9.80. The molecule has 3 atom stereocenters. The molecule has 0 saturated carbocycles. The number of aromatic nitrogens is 3. The molecule has 12 heteroatoms. The average molecular weight is 610 g/mol. The molecule has 3 unspecified atom stereocenters. The van der Waals surface area contributed by atoms with Crippen molar-refractivity contribution < 1.29 is 22.7 Å². The lowest BCUT2D eigenvalue weighted by molar-refractivity contribution is -0.148. The van der Waals surface area contributed by atoms with E-state index in [1.54, 1.807) is 4.52 Å². The quantitative estimate of drug-likeness (QED) is 0.345. The van der Waals surface area contributed by atoms with Crippen molar-refractivity contribution in [1.82, 2.24) is 29.7 Å². The van der Waals surface area contributed by atoms with Crippen molar-refractivity contribution in [1.29, 1.82) is 0 Å². The van der Waals surface area contributed by atoms with Crippen molar-refractivity contribution in [3.05, 3.63) is 59.8 Å². The molecule has 3 saturated heterocycles. The van der Waals surface area contributed by atoms with Crippen molar-refractivity contribution in [3.8, 4) is 0 Å². The Kier molecular flexibility index (Phi) is 7.84. The molecule has 4 aliphatic rings. The molecule has 44 heavy (non-hydrogen) atoms. The molecule has 9 nitrogen and oxygen atoms in total. The van der Waals surface area contributed by atoms with Gasteiger partial charge in [0.25, 0.3) is 0 Å². The molecule has 4 aliphatic heterocycles. The van der Waals surface area contributed by atoms with Gasteiger partial charge in [-0.15, -0.1) is 5.10 Å². The monoisotopic (exact) mass is 609 g/mol. The van der Waals surface area contributed by atoms with Crippen LogP contribution in [-0.4, -0.2) is 81.0 Å². The van der Waals surface area contributed by atoms with E-state index in [2.05, 4.69) is 32.8 Å². The fourth-order valence-corrected chi connectivity index (χ4v) is 7.15. The van der Waals surface area contributed by atoms with Crippen LogP contribution in [0, 0.1) is 0 Å². The number of hydrogen-bond acceptors (Lipinski definition) is 7. The maximum Gasteiger partial charge on any atom is 0.389 e. The Balaban J connectivity index is 0.995. The van der Waals surface area contributed by atoms with Crippen LogP contribution in [-0.2, 0) is 9.53 Å². The van der Waals surface area contributed by atoms with Gasteiger partial charge in [0.2, 0.25) is 11.9 Å². The Hall–Kier alpha value is -3.48. The van der Waals surface area contributed by atoms with Crippen LogP contribution >= 0.6 is 0 Å². The van der Waals surface area contributed by atoms with Crippen LogP contribution in [0.15, 0.2) is 48.7 Å². The zero-order valence-corrected chi connectivity index (χ0v) is 24.7. The second kappa shape index (κ2) is 11.8. The highest BCUT2D eigenvalue weighted by molar-refractivity contribution is 5.81. The second-order valence-corrected chi connectivity index (χ2v) is 12.4. The fraction of sp³-hybridized carbons (Fsp3) is 0.531. The van der Waals surface area contributed by atoms with E-state index in [0.717, 1.165) is 36.5 Å². The Morgan fingerprint density at radius 2 is 1.95 bits per heavy atom. The molecule has 1 aromatic carbocycles. The number of carbonyl (C=O) groups is 1. The summed E-state index contributed by atoms with van der Waals surface area (Å²) < 4.78 is 45.6. The number of piperidine rings is 2. The number of anilines is 2. The third-order valence-corrected chi connectivity index (χ3v) is 9.51. The standard InChI is InChI=1S/C32H38F3N7O2/c33-32(34,35)15-10-26(43)40-19-11-22(12-20-40)25-5-3-18-42-28(25)38-30(39-42)37-24-8-6-23(7-9-24)27-29(44-27)41-17-2-1-13-31(41)14-4-16-36-21-31/h3,5-9,11,18,27,29,36H,1-2,4,10,12-17,19-21H2,(H,37,39). The molecule has 3 fully saturated rings. The normalized spacial score (nSPS) is 26.2. The van der Waals surface area contributed by atoms with Crippen molar-refractivity contribution in [3.63, 3.8) is 0 Å². The summed E-state index contributed by atoms with van der Waals surface area (Å²) in [5.41, 5.74) is 4.84. The number of benzene rings is 1. The number of ether oxygens (including phenoxy) is 1. The zero-order chi connectivity index (χ0) is 30.3. The molecule has 2 N–H and O–H groups in total. The highest BCUT2D eigenvalue weighted by atomic mass is 19.4. The lowest BCUT2D eigenvalue weighted by Crippen LogP contribution is -2.60. The van der Waals surface area contributed by atoms with Gasteiger partial charge in [-0.05, 0) is 74.1 Å². The zero-order valence-electron chi connectivity index (χ0n) is 24.7. The molecule has 0 aliphatic carbocycles. The van der Waals surface area contributed by atoms with Gasteiger partial charge in [-0.2, -0.15) is 18.2 Å². The van der Waals surface area contributed by atoms with E-state index in [-0.39, 0.29) is 24.4 Å². The first kappa shape index (κ1) is 29.2. The van der Waals surface area contributed by atoms with Gasteiger partial charge < -0.3 is 20.3 Å². The van der Waals surface area contributed by atoms with E-state index < -0.39 is 24.9 Å². The largest absolute Gasteiger partial charge is 0.389 e. The number of rotatable bonds is 7. The highest BCUT2D eigenvalue weighted by Gasteiger charge is 2.53. The van der Waals surface area contributed by atoms with Gasteiger partial charge in [-0.1, -0.05) is 24.6 Å². The SMILES string of the molecule is O=C(CCC(F)(F)F)N1CC=C(c2cccn3nc(Nc4ccc(C5OC5N5CCCCC56CCCNC6)cc4)nc23)CC1. The summed E-state index contributed by atoms with van der Waals surface area (Å²) in [5, 5.41) is 11.5. The second-order valence-electron chi connectivity index (χ2n) is 12.4. The maximum atomic E-state index is 12.5. The van der Waals surface area contributed by atoms with Crippen LogP contribution in [0.5, 0.6) is 0 Å². The van der Waals surface area contributed by atoms with Crippen LogP contribution in [0.4, 0.5) is 24.8 Å². The molecule has 1 spiro atoms. The molecule has 3 aromatic rings. The van der Waals surface area contributed by atoms with Crippen molar-refractivity contribution in [2.45, 2.75) is 75.4 Å². The Labute approximate surface area is 254 Å². The Morgan fingerprint density at radius 3 is 2.70 bits per heavy atom. The van der Waals surface area contributed by atoms with Gasteiger partial charge in [0.05, 0.1) is 6.42 Å². The number of epoxide rings is 1. The topological polar surface area (TPSA) is 90.3 Å². The summed E-state index contributed by atoms with van der Waals surface area (Å²) in [6, 6.07) is 12.1. The molecule has 6 heterocycles. The minimum atomic E-state index is -4.33. The highest BCUT2D eigenvalue weighted by Crippen LogP contribution is 2.47. The molecule has 2 aromatic heterocycles. The van der Waals surface area contributed by atoms with Gasteiger partial charge in [0.15, 0.2) is 5.65 Å². The first-order chi connectivity index (χ1) is 21.3. The number of halogens is 3. The average Bonchev–Trinajstić information content (AvgIpc) is 3.71. The number of hydrogen-bond donors (Lipinski definition) is 2. The van der Waals surface area contributed by atoms with Crippen LogP contribution in [0.25, 0.3) is 11.2 Å². The lowest BCUT2D eigenvalue weighted by Gasteiger charge is -2.49. The Morgan fingerprint density at radius 1 is 1.11 bits per heavy atom. The fourth-order valence-electron chi connectivity index (χ4n) is 7.15. The molecule has 1 amide bonds. The van der Waals surface area contributed by atoms with E-state index in [1.807, 2.05) is 36.5 Å². The van der Waals surface area contributed by atoms with Crippen LogP contribution in [0.3, 0.4) is 0 Å². The first-order valence-corrected chi connectivity index (χ1v) is 15.7. The van der Waals surface area contributed by atoms with E-state index in [0.29, 0.717) is 24.6 Å². The first-order valence-electron chi connectivity index (χ1n) is 15.7. The molecule has 0 radical (unpaired) electrons. The number of likely N-dealkylation sites (tertiary alicyclic amines) is 1. The minimum Gasteiger partial charge on any atom is -0.348 e. The number of pyridine rings is 1. The van der Waals surface area contributed by atoms with Gasteiger partial charge >= 0.3 is 6.18 Å². The number of amides is 1. The van der Waals surface area contributed by atoms with Crippen LogP contribution in [0.1, 0.15) is 68.6 Å². The van der Waals surface area contributed by atoms with Gasteiger partial charge in [-0.3, -0.25) is 9.69 Å². The summed E-state index contributed by atoms with van der Waals surface area (Å²) in [6.45, 7) is 3.91. The third-order valence-electron chi connectivity index (χ3n) is 9.51. The van der Waals surface area contributed by atoms with Crippen LogP contribution in [0.2, 0.25) is 0 Å². The molecule has 0 bridgehead atoms. The van der Waals surface area contributed by atoms with Gasteiger partial charge in [-0.25, -0.2) is 4.52 Å². The summed E-state index contributed by atoms with van der Waals surface area (Å²) in [6.07, 6.45) is 4.77. The number of carbonyl (C=O) groups excluding carboxylic acids is 1. The van der Waals surface area contributed by atoms with Crippen LogP contribution < -0.4 is 10.6 Å². The summed E-state index contributed by atoms with van der Waals surface area (Å²) in [7, 11) is 0. The smallest absolute Gasteiger partial charge is 0.348 e. The predicted octanol–water partition coefficient (Wildman–Crippen LogP) is 5.44. The number of alkyl halides is 3. The van der Waals surface area contributed by atoms with E-state index >= 15 is 0 Å². The number of nitrogens with zero attached hydrogens (tertiary/aromatic N) is 5. The van der Waals surface area contributed by atoms with E-state index in [1.165, 1.54) is 42.6 Å². The molecular weight excluding hydrogens is 571 g/mol. The predicted molar refractivity (Wildman–Crippen MR) is 160 cm³/mol. The Bertz CT molecular complexity index is 1520. The van der Waals surface area contributed by atoms with Crippen molar-refractivity contribution in [2.75, 3.05) is 38.0 Å². The third kappa shape index (κ3) is 6.07. The van der Waals surface area contributed by atoms with Crippen molar-refractivity contribution >= 4 is 28.8 Å². The minimum absolute atomic E-state index is 0.0939. The molecule has 234 valence electrons.